The molecule has 0 radical (unpaired) electrons. The van der Waals surface area contributed by atoms with Crippen LogP contribution in [0, 0.1) is 17.0 Å². The van der Waals surface area contributed by atoms with E-state index in [-0.39, 0.29) is 10.6 Å². The topological polar surface area (TPSA) is 46.4 Å². The summed E-state index contributed by atoms with van der Waals surface area (Å²) in [4.78, 5) is 12.6. The fourth-order valence-electron chi connectivity index (χ4n) is 1.91. The summed E-state index contributed by atoms with van der Waals surface area (Å²) in [7, 11) is 0. The predicted octanol–water partition coefficient (Wildman–Crippen LogP) is 2.46. The summed E-state index contributed by atoms with van der Waals surface area (Å²) in [5, 5.41) is 10.6. The molecule has 86 valence electrons. The molecular weight excluding hydrogens is 224 g/mol. The first kappa shape index (κ1) is 11.3. The largest absolute Gasteiger partial charge is 0.370 e. The van der Waals surface area contributed by atoms with Crippen LogP contribution in [0.4, 0.5) is 11.4 Å². The molecule has 1 fully saturated rings. The van der Waals surface area contributed by atoms with Gasteiger partial charge >= 0.3 is 0 Å². The molecule has 1 saturated heterocycles. The number of nitro benzene ring substituents is 1. The van der Waals surface area contributed by atoms with E-state index in [4.69, 9.17) is 0 Å². The predicted molar refractivity (Wildman–Crippen MR) is 67.4 cm³/mol. The van der Waals surface area contributed by atoms with Crippen LogP contribution in [-0.4, -0.2) is 29.5 Å². The van der Waals surface area contributed by atoms with Gasteiger partial charge in [0.05, 0.1) is 4.92 Å². The number of nitrogens with zero attached hydrogens (tertiary/aromatic N) is 2. The third-order valence-electron chi connectivity index (χ3n) is 2.74. The van der Waals surface area contributed by atoms with Crippen molar-refractivity contribution in [1.82, 2.24) is 0 Å². The number of benzene rings is 1. The molecule has 0 bridgehead atoms. The quantitative estimate of drug-likeness (QED) is 0.586. The Hall–Kier alpha value is -1.23. The minimum absolute atomic E-state index is 0.174. The van der Waals surface area contributed by atoms with E-state index >= 15 is 0 Å². The molecule has 0 aromatic heterocycles. The van der Waals surface area contributed by atoms with Crippen molar-refractivity contribution in [3.63, 3.8) is 0 Å². The summed E-state index contributed by atoms with van der Waals surface area (Å²) < 4.78 is 0. The fraction of sp³-hybridized carbons (Fsp3) is 0.455. The second kappa shape index (κ2) is 4.74. The summed E-state index contributed by atoms with van der Waals surface area (Å²) in [6, 6.07) is 5.10. The minimum atomic E-state index is -0.344. The molecule has 1 aliphatic heterocycles. The lowest BCUT2D eigenvalue weighted by atomic mass is 10.1. The Morgan fingerprint density at radius 3 is 2.62 bits per heavy atom. The monoisotopic (exact) mass is 238 g/mol. The lowest BCUT2D eigenvalue weighted by molar-refractivity contribution is -0.384. The highest BCUT2D eigenvalue weighted by atomic mass is 32.2. The third-order valence-corrected chi connectivity index (χ3v) is 3.69. The SMILES string of the molecule is Cc1cc([N+](=O)[O-])ccc1N1CCSCC1. The fourth-order valence-corrected chi connectivity index (χ4v) is 2.82. The van der Waals surface area contributed by atoms with Crippen LogP contribution in [0.15, 0.2) is 18.2 Å². The molecule has 0 unspecified atom stereocenters. The Morgan fingerprint density at radius 2 is 2.06 bits per heavy atom. The van der Waals surface area contributed by atoms with Crippen molar-refractivity contribution >= 4 is 23.1 Å². The smallest absolute Gasteiger partial charge is 0.269 e. The van der Waals surface area contributed by atoms with E-state index in [0.29, 0.717) is 0 Å². The Labute approximate surface area is 98.8 Å². The molecule has 0 N–H and O–H groups in total. The van der Waals surface area contributed by atoms with Gasteiger partial charge in [-0.15, -0.1) is 0 Å². The van der Waals surface area contributed by atoms with Crippen molar-refractivity contribution in [2.24, 2.45) is 0 Å². The highest BCUT2D eigenvalue weighted by Gasteiger charge is 2.15. The van der Waals surface area contributed by atoms with Crippen LogP contribution in [0.2, 0.25) is 0 Å². The van der Waals surface area contributed by atoms with Gasteiger partial charge in [-0.05, 0) is 18.6 Å². The van der Waals surface area contributed by atoms with E-state index in [1.54, 1.807) is 12.1 Å². The Morgan fingerprint density at radius 1 is 1.38 bits per heavy atom. The molecule has 0 spiro atoms. The Kier molecular flexibility index (Phi) is 3.33. The molecule has 0 saturated carbocycles. The molecule has 0 atom stereocenters. The average Bonchev–Trinajstić information content (AvgIpc) is 2.30. The van der Waals surface area contributed by atoms with Crippen molar-refractivity contribution < 1.29 is 4.92 Å². The second-order valence-corrected chi connectivity index (χ2v) is 5.05. The molecule has 2 rings (SSSR count). The van der Waals surface area contributed by atoms with E-state index in [1.165, 1.54) is 0 Å². The van der Waals surface area contributed by atoms with Gasteiger partial charge in [-0.1, -0.05) is 0 Å². The number of aryl methyl sites for hydroxylation is 1. The maximum Gasteiger partial charge on any atom is 0.269 e. The van der Waals surface area contributed by atoms with Crippen molar-refractivity contribution in [1.29, 1.82) is 0 Å². The van der Waals surface area contributed by atoms with Crippen molar-refractivity contribution in [3.8, 4) is 0 Å². The number of nitro groups is 1. The summed E-state index contributed by atoms with van der Waals surface area (Å²) in [6.45, 7) is 4.00. The van der Waals surface area contributed by atoms with Crippen LogP contribution in [0.3, 0.4) is 0 Å². The van der Waals surface area contributed by atoms with Crippen molar-refractivity contribution in [3.05, 3.63) is 33.9 Å². The first-order valence-corrected chi connectivity index (χ1v) is 6.41. The highest BCUT2D eigenvalue weighted by molar-refractivity contribution is 7.99. The van der Waals surface area contributed by atoms with Gasteiger partial charge in [-0.2, -0.15) is 11.8 Å². The lowest BCUT2D eigenvalue weighted by Gasteiger charge is -2.29. The van der Waals surface area contributed by atoms with Crippen molar-refractivity contribution in [2.45, 2.75) is 6.92 Å². The molecule has 5 heteroatoms. The van der Waals surface area contributed by atoms with Crippen LogP contribution < -0.4 is 4.90 Å². The molecular formula is C11H14N2O2S. The second-order valence-electron chi connectivity index (χ2n) is 3.83. The number of non-ortho nitro benzene ring substituents is 1. The van der Waals surface area contributed by atoms with Gasteiger partial charge < -0.3 is 4.90 Å². The minimum Gasteiger partial charge on any atom is -0.370 e. The number of thioether (sulfide) groups is 1. The molecule has 1 aromatic carbocycles. The summed E-state index contributed by atoms with van der Waals surface area (Å²) in [5.41, 5.74) is 2.29. The first-order valence-electron chi connectivity index (χ1n) is 5.26. The van der Waals surface area contributed by atoms with E-state index in [0.717, 1.165) is 35.8 Å². The zero-order valence-electron chi connectivity index (χ0n) is 9.18. The van der Waals surface area contributed by atoms with Crippen molar-refractivity contribution in [2.75, 3.05) is 29.5 Å². The maximum atomic E-state index is 10.6. The zero-order valence-corrected chi connectivity index (χ0v) is 10.00. The van der Waals surface area contributed by atoms with Gasteiger partial charge in [0, 0.05) is 42.4 Å². The molecule has 16 heavy (non-hydrogen) atoms. The van der Waals surface area contributed by atoms with Crippen LogP contribution in [0.5, 0.6) is 0 Å². The zero-order chi connectivity index (χ0) is 11.5. The normalized spacial score (nSPS) is 16.2. The van der Waals surface area contributed by atoms with Crippen LogP contribution in [0.25, 0.3) is 0 Å². The first-order chi connectivity index (χ1) is 7.68. The van der Waals surface area contributed by atoms with Gasteiger partial charge in [0.2, 0.25) is 0 Å². The van der Waals surface area contributed by atoms with Gasteiger partial charge in [0.25, 0.3) is 5.69 Å². The molecule has 1 aliphatic rings. The summed E-state index contributed by atoms with van der Waals surface area (Å²) in [6.07, 6.45) is 0. The number of hydrogen-bond donors (Lipinski definition) is 0. The molecule has 1 aromatic rings. The van der Waals surface area contributed by atoms with E-state index in [2.05, 4.69) is 4.90 Å². The summed E-state index contributed by atoms with van der Waals surface area (Å²) in [5.74, 6) is 2.27. The van der Waals surface area contributed by atoms with Gasteiger partial charge in [-0.3, -0.25) is 10.1 Å². The highest BCUT2D eigenvalue weighted by Crippen LogP contribution is 2.26. The summed E-state index contributed by atoms with van der Waals surface area (Å²) >= 11 is 1.96. The van der Waals surface area contributed by atoms with Gasteiger partial charge in [0.1, 0.15) is 0 Å². The van der Waals surface area contributed by atoms with Crippen LogP contribution in [-0.2, 0) is 0 Å². The Balaban J connectivity index is 2.24. The van der Waals surface area contributed by atoms with E-state index in [1.807, 2.05) is 24.8 Å². The van der Waals surface area contributed by atoms with E-state index in [9.17, 15) is 10.1 Å². The molecule has 1 heterocycles. The number of hydrogen-bond acceptors (Lipinski definition) is 4. The van der Waals surface area contributed by atoms with E-state index < -0.39 is 0 Å². The van der Waals surface area contributed by atoms with Crippen LogP contribution >= 0.6 is 11.8 Å². The third kappa shape index (κ3) is 2.29. The number of anilines is 1. The molecule has 0 amide bonds. The van der Waals surface area contributed by atoms with Gasteiger partial charge in [0.15, 0.2) is 0 Å². The Bertz CT molecular complexity index is 403. The lowest BCUT2D eigenvalue weighted by Crippen LogP contribution is -2.32. The molecule has 0 aliphatic carbocycles. The average molecular weight is 238 g/mol. The standard InChI is InChI=1S/C11H14N2O2S/c1-9-8-10(13(14)15)2-3-11(9)12-4-6-16-7-5-12/h2-3,8H,4-7H2,1H3. The maximum absolute atomic E-state index is 10.6. The number of rotatable bonds is 2. The van der Waals surface area contributed by atoms with Gasteiger partial charge in [-0.25, -0.2) is 0 Å². The van der Waals surface area contributed by atoms with Crippen LogP contribution in [0.1, 0.15) is 5.56 Å². The molecule has 4 nitrogen and oxygen atoms in total.